The lowest BCUT2D eigenvalue weighted by Gasteiger charge is -2.19. The van der Waals surface area contributed by atoms with Crippen molar-refractivity contribution in [2.75, 3.05) is 19.5 Å². The molecule has 0 saturated heterocycles. The molecule has 7 nitrogen and oxygen atoms in total. The van der Waals surface area contributed by atoms with Gasteiger partial charge in [0, 0.05) is 17.0 Å². The van der Waals surface area contributed by atoms with E-state index in [1.165, 1.54) is 29.3 Å². The fourth-order valence-electron chi connectivity index (χ4n) is 3.63. The van der Waals surface area contributed by atoms with Crippen molar-refractivity contribution in [2.45, 2.75) is 19.4 Å². The first-order valence-electron chi connectivity index (χ1n) is 10.1. The Morgan fingerprint density at radius 1 is 1.16 bits per heavy atom. The fraction of sp³-hybridized carbons (Fsp3) is 0.208. The molecule has 1 unspecified atom stereocenters. The van der Waals surface area contributed by atoms with Crippen molar-refractivity contribution in [3.05, 3.63) is 70.6 Å². The molecule has 0 aliphatic heterocycles. The molecule has 2 aromatic heterocycles. The summed E-state index contributed by atoms with van der Waals surface area (Å²) in [6, 6.07) is 14.1. The number of methoxy groups -OCH3 is 2. The SMILES string of the molecule is CCC(C(=O)Nc1cc(OC)ccc1OC)n1cnc2scc(-c3ccccc3)c2c1=O. The number of benzene rings is 2. The standard InChI is InChI=1S/C24H23N3O4S/c1-4-19(22(28)26-18-12-16(30-2)10-11-20(18)31-3)27-14-25-23-21(24(27)29)17(13-32-23)15-8-6-5-7-9-15/h5-14,19H,4H2,1-3H3,(H,26,28). The van der Waals surface area contributed by atoms with Crippen LogP contribution in [0.5, 0.6) is 11.5 Å². The second-order valence-corrected chi connectivity index (χ2v) is 7.99. The van der Waals surface area contributed by atoms with Crippen LogP contribution in [0.1, 0.15) is 19.4 Å². The lowest BCUT2D eigenvalue weighted by molar-refractivity contribution is -0.119. The molecule has 0 bridgehead atoms. The number of rotatable bonds is 7. The van der Waals surface area contributed by atoms with Crippen molar-refractivity contribution in [2.24, 2.45) is 0 Å². The molecule has 1 atom stereocenters. The number of thiophene rings is 1. The second kappa shape index (κ2) is 9.23. The largest absolute Gasteiger partial charge is 0.497 e. The van der Waals surface area contributed by atoms with Crippen LogP contribution in [-0.2, 0) is 4.79 Å². The number of nitrogens with one attached hydrogen (secondary N) is 1. The highest BCUT2D eigenvalue weighted by Crippen LogP contribution is 2.32. The van der Waals surface area contributed by atoms with Gasteiger partial charge in [-0.2, -0.15) is 0 Å². The zero-order valence-corrected chi connectivity index (χ0v) is 18.8. The summed E-state index contributed by atoms with van der Waals surface area (Å²) in [4.78, 5) is 31.8. The lowest BCUT2D eigenvalue weighted by atomic mass is 10.1. The Morgan fingerprint density at radius 2 is 1.94 bits per heavy atom. The maximum atomic E-state index is 13.5. The maximum Gasteiger partial charge on any atom is 0.263 e. The summed E-state index contributed by atoms with van der Waals surface area (Å²) in [5.74, 6) is 0.748. The van der Waals surface area contributed by atoms with E-state index >= 15 is 0 Å². The van der Waals surface area contributed by atoms with Crippen LogP contribution < -0.4 is 20.3 Å². The highest BCUT2D eigenvalue weighted by molar-refractivity contribution is 7.17. The van der Waals surface area contributed by atoms with Crippen molar-refractivity contribution in [1.29, 1.82) is 0 Å². The third kappa shape index (κ3) is 3.97. The summed E-state index contributed by atoms with van der Waals surface area (Å²) in [6.07, 6.45) is 1.86. The number of nitrogens with zero attached hydrogens (tertiary/aromatic N) is 2. The first-order chi connectivity index (χ1) is 15.6. The van der Waals surface area contributed by atoms with Gasteiger partial charge in [-0.05, 0) is 24.1 Å². The van der Waals surface area contributed by atoms with Crippen molar-refractivity contribution in [3.8, 4) is 22.6 Å². The van der Waals surface area contributed by atoms with Crippen LogP contribution in [0.3, 0.4) is 0 Å². The Balaban J connectivity index is 1.73. The summed E-state index contributed by atoms with van der Waals surface area (Å²) in [5.41, 5.74) is 1.99. The van der Waals surface area contributed by atoms with Crippen molar-refractivity contribution >= 4 is 33.1 Å². The van der Waals surface area contributed by atoms with Crippen LogP contribution in [0.4, 0.5) is 5.69 Å². The molecule has 8 heteroatoms. The van der Waals surface area contributed by atoms with E-state index in [0.29, 0.717) is 33.8 Å². The molecule has 0 fully saturated rings. The molecular formula is C24H23N3O4S. The predicted octanol–water partition coefficient (Wildman–Crippen LogP) is 4.73. The molecular weight excluding hydrogens is 426 g/mol. The van der Waals surface area contributed by atoms with Crippen LogP contribution in [-0.4, -0.2) is 29.7 Å². The monoisotopic (exact) mass is 449 g/mol. The number of fused-ring (bicyclic) bond motifs is 1. The first-order valence-corrected chi connectivity index (χ1v) is 11.0. The topological polar surface area (TPSA) is 82.4 Å². The molecule has 0 aliphatic rings. The van der Waals surface area contributed by atoms with Crippen LogP contribution in [0.15, 0.2) is 65.0 Å². The summed E-state index contributed by atoms with van der Waals surface area (Å²) < 4.78 is 12.0. The third-order valence-corrected chi connectivity index (χ3v) is 6.18. The molecule has 0 saturated carbocycles. The van der Waals surface area contributed by atoms with E-state index in [1.54, 1.807) is 25.3 Å². The van der Waals surface area contributed by atoms with Crippen LogP contribution in [0, 0.1) is 0 Å². The first kappa shape index (κ1) is 21.6. The molecule has 0 spiro atoms. The summed E-state index contributed by atoms with van der Waals surface area (Å²) in [6.45, 7) is 1.86. The van der Waals surface area contributed by atoms with E-state index in [-0.39, 0.29) is 11.5 Å². The predicted molar refractivity (Wildman–Crippen MR) is 127 cm³/mol. The number of carbonyl (C=O) groups is 1. The number of amides is 1. The van der Waals surface area contributed by atoms with E-state index < -0.39 is 6.04 Å². The minimum Gasteiger partial charge on any atom is -0.497 e. The van der Waals surface area contributed by atoms with E-state index in [4.69, 9.17) is 9.47 Å². The molecule has 2 heterocycles. The van der Waals surface area contributed by atoms with Gasteiger partial charge < -0.3 is 14.8 Å². The lowest BCUT2D eigenvalue weighted by Crippen LogP contribution is -2.33. The van der Waals surface area contributed by atoms with Gasteiger partial charge in [-0.1, -0.05) is 37.3 Å². The van der Waals surface area contributed by atoms with Gasteiger partial charge in [0.25, 0.3) is 5.56 Å². The van der Waals surface area contributed by atoms with Gasteiger partial charge in [0.2, 0.25) is 5.91 Å². The number of anilines is 1. The highest BCUT2D eigenvalue weighted by atomic mass is 32.1. The van der Waals surface area contributed by atoms with E-state index in [1.807, 2.05) is 42.6 Å². The maximum absolute atomic E-state index is 13.5. The van der Waals surface area contributed by atoms with Gasteiger partial charge in [-0.25, -0.2) is 4.98 Å². The van der Waals surface area contributed by atoms with E-state index in [2.05, 4.69) is 10.3 Å². The molecule has 4 aromatic rings. The molecule has 1 N–H and O–H groups in total. The van der Waals surface area contributed by atoms with Crippen LogP contribution in [0.25, 0.3) is 21.3 Å². The summed E-state index contributed by atoms with van der Waals surface area (Å²) >= 11 is 1.42. The summed E-state index contributed by atoms with van der Waals surface area (Å²) in [7, 11) is 3.08. The van der Waals surface area contributed by atoms with Gasteiger partial charge >= 0.3 is 0 Å². The van der Waals surface area contributed by atoms with Crippen LogP contribution >= 0.6 is 11.3 Å². The number of carbonyl (C=O) groups excluding carboxylic acids is 1. The number of hydrogen-bond acceptors (Lipinski definition) is 6. The fourth-order valence-corrected chi connectivity index (χ4v) is 4.54. The molecule has 2 aromatic carbocycles. The number of ether oxygens (including phenoxy) is 2. The normalized spacial score (nSPS) is 11.8. The van der Waals surface area contributed by atoms with Gasteiger partial charge in [0.05, 0.1) is 31.6 Å². The Bertz CT molecular complexity index is 1310. The molecule has 1 amide bonds. The minimum absolute atomic E-state index is 0.241. The highest BCUT2D eigenvalue weighted by Gasteiger charge is 2.24. The quantitative estimate of drug-likeness (QED) is 0.441. The van der Waals surface area contributed by atoms with E-state index in [0.717, 1.165) is 11.1 Å². The third-order valence-electron chi connectivity index (χ3n) is 5.29. The molecule has 0 radical (unpaired) electrons. The molecule has 4 rings (SSSR count). The zero-order valence-electron chi connectivity index (χ0n) is 18.0. The van der Waals surface area contributed by atoms with Crippen LogP contribution in [0.2, 0.25) is 0 Å². The number of hydrogen-bond donors (Lipinski definition) is 1. The van der Waals surface area contributed by atoms with E-state index in [9.17, 15) is 9.59 Å². The minimum atomic E-state index is -0.737. The average Bonchev–Trinajstić information content (AvgIpc) is 3.26. The molecule has 32 heavy (non-hydrogen) atoms. The smallest absolute Gasteiger partial charge is 0.263 e. The second-order valence-electron chi connectivity index (χ2n) is 7.13. The Morgan fingerprint density at radius 3 is 2.62 bits per heavy atom. The van der Waals surface area contributed by atoms with Crippen molar-refractivity contribution < 1.29 is 14.3 Å². The van der Waals surface area contributed by atoms with Crippen molar-refractivity contribution in [3.63, 3.8) is 0 Å². The molecule has 164 valence electrons. The summed E-state index contributed by atoms with van der Waals surface area (Å²) in [5, 5.41) is 5.33. The van der Waals surface area contributed by atoms with Gasteiger partial charge in [0.1, 0.15) is 22.4 Å². The Labute approximate surface area is 189 Å². The molecule has 0 aliphatic carbocycles. The number of aromatic nitrogens is 2. The van der Waals surface area contributed by atoms with Crippen molar-refractivity contribution in [1.82, 2.24) is 9.55 Å². The average molecular weight is 450 g/mol. The Hall–Kier alpha value is -3.65. The van der Waals surface area contributed by atoms with Gasteiger partial charge in [-0.3, -0.25) is 14.2 Å². The van der Waals surface area contributed by atoms with Gasteiger partial charge in [0.15, 0.2) is 0 Å². The van der Waals surface area contributed by atoms with Gasteiger partial charge in [-0.15, -0.1) is 11.3 Å². The Kier molecular flexibility index (Phi) is 6.23. The zero-order chi connectivity index (χ0) is 22.7.